The van der Waals surface area contributed by atoms with Gasteiger partial charge in [0.25, 0.3) is 0 Å². The zero-order chi connectivity index (χ0) is 20.2. The quantitative estimate of drug-likeness (QED) is 0.661. The Hall–Kier alpha value is -3.35. The number of aromatic nitrogens is 2. The second-order valence-corrected chi connectivity index (χ2v) is 6.94. The Balaban J connectivity index is 1.36. The number of fused-ring (bicyclic) bond motifs is 1. The van der Waals surface area contributed by atoms with Crippen molar-refractivity contribution in [2.24, 2.45) is 0 Å². The molecule has 150 valence electrons. The molecular weight excluding hydrogens is 370 g/mol. The Morgan fingerprint density at radius 3 is 2.83 bits per heavy atom. The number of nitrogens with one attached hydrogen (secondary N) is 1. The number of methoxy groups -OCH3 is 2. The Labute approximate surface area is 169 Å². The zero-order valence-corrected chi connectivity index (χ0v) is 16.5. The molecule has 0 saturated heterocycles. The Bertz CT molecular complexity index is 1010. The van der Waals surface area contributed by atoms with E-state index in [9.17, 15) is 4.79 Å². The number of nitrogens with zero attached hydrogens (tertiary/aromatic N) is 2. The molecule has 0 aliphatic heterocycles. The minimum atomic E-state index is -0.0161. The molecule has 7 heteroatoms. The molecule has 29 heavy (non-hydrogen) atoms. The summed E-state index contributed by atoms with van der Waals surface area (Å²) in [6, 6.07) is 13.8. The highest BCUT2D eigenvalue weighted by molar-refractivity contribution is 5.76. The number of hydrogen-bond donors (Lipinski definition) is 1. The average molecular weight is 393 g/mol. The van der Waals surface area contributed by atoms with Crippen LogP contribution in [0.15, 0.2) is 47.0 Å². The van der Waals surface area contributed by atoms with E-state index in [1.54, 1.807) is 26.4 Å². The number of ether oxygens (including phenoxy) is 2. The number of carbonyl (C=O) groups is 1. The van der Waals surface area contributed by atoms with E-state index >= 15 is 0 Å². The molecule has 1 heterocycles. The topological polar surface area (TPSA) is 86.5 Å². The second-order valence-electron chi connectivity index (χ2n) is 6.94. The van der Waals surface area contributed by atoms with Gasteiger partial charge < -0.3 is 19.3 Å². The molecule has 4 rings (SSSR count). The van der Waals surface area contributed by atoms with Gasteiger partial charge in [-0.05, 0) is 42.2 Å². The van der Waals surface area contributed by atoms with Gasteiger partial charge >= 0.3 is 0 Å². The Morgan fingerprint density at radius 1 is 1.17 bits per heavy atom. The summed E-state index contributed by atoms with van der Waals surface area (Å²) < 4.78 is 15.9. The number of hydrogen-bond acceptors (Lipinski definition) is 6. The fourth-order valence-corrected chi connectivity index (χ4v) is 3.64. The minimum absolute atomic E-state index is 0.0161. The molecule has 0 saturated carbocycles. The van der Waals surface area contributed by atoms with Crippen LogP contribution in [-0.4, -0.2) is 30.3 Å². The molecule has 0 spiro atoms. The van der Waals surface area contributed by atoms with Crippen molar-refractivity contribution in [2.45, 2.75) is 31.7 Å². The highest BCUT2D eigenvalue weighted by Gasteiger charge is 2.23. The first-order chi connectivity index (χ1) is 14.2. The molecule has 0 unspecified atom stereocenters. The van der Waals surface area contributed by atoms with Crippen LogP contribution < -0.4 is 14.8 Å². The van der Waals surface area contributed by atoms with Crippen molar-refractivity contribution in [1.82, 2.24) is 15.5 Å². The van der Waals surface area contributed by atoms with E-state index < -0.39 is 0 Å². The van der Waals surface area contributed by atoms with Crippen LogP contribution in [0.4, 0.5) is 0 Å². The maximum absolute atomic E-state index is 12.4. The first kappa shape index (κ1) is 19.0. The molecular formula is C22H23N3O4. The maximum Gasteiger partial charge on any atom is 0.227 e. The monoisotopic (exact) mass is 393 g/mol. The van der Waals surface area contributed by atoms with Crippen LogP contribution in [0.25, 0.3) is 11.4 Å². The van der Waals surface area contributed by atoms with Gasteiger partial charge in [-0.25, -0.2) is 0 Å². The molecule has 1 atom stereocenters. The van der Waals surface area contributed by atoms with Crippen molar-refractivity contribution in [3.05, 3.63) is 59.5 Å². The third kappa shape index (κ3) is 4.08. The normalized spacial score (nSPS) is 15.0. The summed E-state index contributed by atoms with van der Waals surface area (Å²) in [4.78, 5) is 16.8. The molecule has 0 radical (unpaired) electrons. The van der Waals surface area contributed by atoms with Crippen molar-refractivity contribution in [1.29, 1.82) is 0 Å². The SMILES string of the molecule is COc1ccc(-c2noc(CCC(=O)N[C@@H]3CCc4ccccc43)n2)cc1OC. The van der Waals surface area contributed by atoms with Gasteiger partial charge in [0.1, 0.15) is 0 Å². The van der Waals surface area contributed by atoms with E-state index in [0.717, 1.165) is 18.4 Å². The van der Waals surface area contributed by atoms with Crippen LogP contribution >= 0.6 is 0 Å². The second kappa shape index (κ2) is 8.34. The number of benzene rings is 2. The fourth-order valence-electron chi connectivity index (χ4n) is 3.64. The highest BCUT2D eigenvalue weighted by Crippen LogP contribution is 2.32. The standard InChI is InChI=1S/C22H23N3O4/c1-27-18-10-8-15(13-19(18)28-2)22-24-21(29-25-22)12-11-20(26)23-17-9-7-14-5-3-4-6-16(14)17/h3-6,8,10,13,17H,7,9,11-12H2,1-2H3,(H,23,26)/t17-/m1/s1. The summed E-state index contributed by atoms with van der Waals surface area (Å²) >= 11 is 0. The van der Waals surface area contributed by atoms with Gasteiger partial charge in [0.15, 0.2) is 11.5 Å². The zero-order valence-electron chi connectivity index (χ0n) is 16.5. The first-order valence-electron chi connectivity index (χ1n) is 9.60. The van der Waals surface area contributed by atoms with E-state index in [0.29, 0.717) is 36.1 Å². The van der Waals surface area contributed by atoms with E-state index in [4.69, 9.17) is 14.0 Å². The van der Waals surface area contributed by atoms with Crippen LogP contribution in [0.2, 0.25) is 0 Å². The van der Waals surface area contributed by atoms with Crippen molar-refractivity contribution >= 4 is 5.91 Å². The molecule has 1 aromatic heterocycles. The van der Waals surface area contributed by atoms with Gasteiger partial charge in [0.2, 0.25) is 17.6 Å². The van der Waals surface area contributed by atoms with Crippen molar-refractivity contribution in [2.75, 3.05) is 14.2 Å². The average Bonchev–Trinajstić information content (AvgIpc) is 3.39. The molecule has 1 aliphatic carbocycles. The van der Waals surface area contributed by atoms with Crippen LogP contribution in [0.1, 0.15) is 35.9 Å². The third-order valence-corrected chi connectivity index (χ3v) is 5.14. The van der Waals surface area contributed by atoms with Gasteiger partial charge in [0, 0.05) is 18.4 Å². The van der Waals surface area contributed by atoms with Gasteiger partial charge in [0.05, 0.1) is 20.3 Å². The predicted molar refractivity (Wildman–Crippen MR) is 107 cm³/mol. The molecule has 1 N–H and O–H groups in total. The van der Waals surface area contributed by atoms with Crippen molar-refractivity contribution < 1.29 is 18.8 Å². The number of rotatable bonds is 7. The number of amides is 1. The number of aryl methyl sites for hydroxylation is 2. The summed E-state index contributed by atoms with van der Waals surface area (Å²) in [7, 11) is 3.16. The van der Waals surface area contributed by atoms with Crippen LogP contribution in [0, 0.1) is 0 Å². The number of carbonyl (C=O) groups excluding carboxylic acids is 1. The highest BCUT2D eigenvalue weighted by atomic mass is 16.5. The minimum Gasteiger partial charge on any atom is -0.493 e. The molecule has 0 fully saturated rings. The molecule has 7 nitrogen and oxygen atoms in total. The van der Waals surface area contributed by atoms with E-state index in [1.807, 2.05) is 18.2 Å². The lowest BCUT2D eigenvalue weighted by Gasteiger charge is -2.13. The molecule has 1 aliphatic rings. The van der Waals surface area contributed by atoms with E-state index in [1.165, 1.54) is 11.1 Å². The lowest BCUT2D eigenvalue weighted by Crippen LogP contribution is -2.27. The smallest absolute Gasteiger partial charge is 0.227 e. The summed E-state index contributed by atoms with van der Waals surface area (Å²) in [5, 5.41) is 7.13. The van der Waals surface area contributed by atoms with Gasteiger partial charge in [-0.3, -0.25) is 4.79 Å². The first-order valence-corrected chi connectivity index (χ1v) is 9.60. The van der Waals surface area contributed by atoms with Crippen molar-refractivity contribution in [3.8, 4) is 22.9 Å². The largest absolute Gasteiger partial charge is 0.493 e. The molecule has 3 aromatic rings. The van der Waals surface area contributed by atoms with Gasteiger partial charge in [-0.2, -0.15) is 4.98 Å². The van der Waals surface area contributed by atoms with E-state index in [-0.39, 0.29) is 11.9 Å². The lowest BCUT2D eigenvalue weighted by atomic mass is 10.1. The molecule has 2 aromatic carbocycles. The summed E-state index contributed by atoms with van der Waals surface area (Å²) in [5.41, 5.74) is 3.29. The lowest BCUT2D eigenvalue weighted by molar-refractivity contribution is -0.121. The Kier molecular flexibility index (Phi) is 5.46. The van der Waals surface area contributed by atoms with Crippen LogP contribution in [-0.2, 0) is 17.6 Å². The molecule has 0 bridgehead atoms. The van der Waals surface area contributed by atoms with Crippen molar-refractivity contribution in [3.63, 3.8) is 0 Å². The summed E-state index contributed by atoms with van der Waals surface area (Å²) in [6.07, 6.45) is 2.63. The van der Waals surface area contributed by atoms with E-state index in [2.05, 4.69) is 27.6 Å². The van der Waals surface area contributed by atoms with Gasteiger partial charge in [-0.1, -0.05) is 29.4 Å². The van der Waals surface area contributed by atoms with Crippen LogP contribution in [0.3, 0.4) is 0 Å². The van der Waals surface area contributed by atoms with Gasteiger partial charge in [-0.15, -0.1) is 0 Å². The predicted octanol–water partition coefficient (Wildman–Crippen LogP) is 3.49. The Morgan fingerprint density at radius 2 is 2.00 bits per heavy atom. The maximum atomic E-state index is 12.4. The summed E-state index contributed by atoms with van der Waals surface area (Å²) in [6.45, 7) is 0. The molecule has 1 amide bonds. The fraction of sp³-hybridized carbons (Fsp3) is 0.318. The third-order valence-electron chi connectivity index (χ3n) is 5.14. The van der Waals surface area contributed by atoms with Crippen LogP contribution in [0.5, 0.6) is 11.5 Å². The summed E-state index contributed by atoms with van der Waals surface area (Å²) in [5.74, 6) is 2.08.